The van der Waals surface area contributed by atoms with E-state index in [4.69, 9.17) is 0 Å². The van der Waals surface area contributed by atoms with E-state index in [1.54, 1.807) is 18.5 Å². The molecule has 0 fully saturated rings. The Morgan fingerprint density at radius 3 is 2.67 bits per heavy atom. The average molecular weight is 284 g/mol. The Hall–Kier alpha value is -2.56. The molecule has 0 aliphatic carbocycles. The summed E-state index contributed by atoms with van der Waals surface area (Å²) < 4.78 is 0. The zero-order chi connectivity index (χ0) is 15.2. The van der Waals surface area contributed by atoms with Gasteiger partial charge in [0.1, 0.15) is 0 Å². The largest absolute Gasteiger partial charge is 0.383 e. The van der Waals surface area contributed by atoms with Crippen molar-refractivity contribution >= 4 is 23.0 Å². The van der Waals surface area contributed by atoms with Crippen LogP contribution in [-0.2, 0) is 0 Å². The topological polar surface area (TPSA) is 57.3 Å². The fourth-order valence-corrected chi connectivity index (χ4v) is 2.08. The Labute approximate surface area is 125 Å². The molecular weight excluding hydrogens is 264 g/mol. The molecule has 2 aromatic rings. The van der Waals surface area contributed by atoms with Crippen LogP contribution in [0, 0.1) is 0 Å². The van der Waals surface area contributed by atoms with E-state index in [-0.39, 0.29) is 5.91 Å². The Morgan fingerprint density at radius 1 is 1.19 bits per heavy atom. The van der Waals surface area contributed by atoms with Crippen LogP contribution in [0.25, 0.3) is 0 Å². The summed E-state index contributed by atoms with van der Waals surface area (Å²) in [5, 5.41) is 6.11. The Bertz CT molecular complexity index is 625. The van der Waals surface area contributed by atoms with Gasteiger partial charge in [-0.3, -0.25) is 9.78 Å². The normalized spacial score (nSPS) is 10.0. The lowest BCUT2D eigenvalue weighted by Gasteiger charge is -2.18. The summed E-state index contributed by atoms with van der Waals surface area (Å²) in [6.45, 7) is 2.72. The van der Waals surface area contributed by atoms with Crippen molar-refractivity contribution in [1.82, 2.24) is 4.98 Å². The Balaban J connectivity index is 2.27. The molecule has 0 aliphatic rings. The highest BCUT2D eigenvalue weighted by Gasteiger charge is 2.13. The number of hydrogen-bond acceptors (Lipinski definition) is 4. The second-order valence-corrected chi connectivity index (χ2v) is 4.82. The molecule has 1 heterocycles. The number of carbonyl (C=O) groups excluding carboxylic acids is 1. The molecule has 0 saturated heterocycles. The van der Waals surface area contributed by atoms with Crippen molar-refractivity contribution in [3.8, 4) is 0 Å². The molecular formula is C16H20N4O. The van der Waals surface area contributed by atoms with Gasteiger partial charge in [0, 0.05) is 26.8 Å². The number of rotatable bonds is 5. The second kappa shape index (κ2) is 6.74. The van der Waals surface area contributed by atoms with Gasteiger partial charge >= 0.3 is 0 Å². The van der Waals surface area contributed by atoms with Crippen LogP contribution in [0.2, 0.25) is 0 Å². The van der Waals surface area contributed by atoms with Crippen molar-refractivity contribution in [3.05, 3.63) is 48.3 Å². The number of hydrogen-bond donors (Lipinski definition) is 2. The molecule has 21 heavy (non-hydrogen) atoms. The lowest BCUT2D eigenvalue weighted by Crippen LogP contribution is -2.18. The summed E-state index contributed by atoms with van der Waals surface area (Å²) in [6.07, 6.45) is 3.28. The van der Waals surface area contributed by atoms with Gasteiger partial charge in [0.25, 0.3) is 5.91 Å². The van der Waals surface area contributed by atoms with Gasteiger partial charge in [-0.15, -0.1) is 0 Å². The SMILES string of the molecule is CCNc1cnccc1C(=O)Nc1ccccc1N(C)C. The monoisotopic (exact) mass is 284 g/mol. The third-order valence-corrected chi connectivity index (χ3v) is 3.07. The molecule has 0 atom stereocenters. The average Bonchev–Trinajstić information content (AvgIpc) is 2.48. The van der Waals surface area contributed by atoms with Gasteiger partial charge in [0.2, 0.25) is 0 Å². The van der Waals surface area contributed by atoms with Crippen LogP contribution in [0.5, 0.6) is 0 Å². The number of aromatic nitrogens is 1. The molecule has 1 amide bonds. The lowest BCUT2D eigenvalue weighted by atomic mass is 10.2. The predicted octanol–water partition coefficient (Wildman–Crippen LogP) is 2.83. The van der Waals surface area contributed by atoms with Crippen molar-refractivity contribution in [2.24, 2.45) is 0 Å². The molecule has 1 aromatic carbocycles. The maximum atomic E-state index is 12.5. The number of para-hydroxylation sites is 2. The number of carbonyl (C=O) groups is 1. The van der Waals surface area contributed by atoms with E-state index in [0.717, 1.165) is 23.6 Å². The summed E-state index contributed by atoms with van der Waals surface area (Å²) in [5.74, 6) is -0.150. The Kier molecular flexibility index (Phi) is 4.77. The molecule has 2 N–H and O–H groups in total. The standard InChI is InChI=1S/C16H20N4O/c1-4-18-14-11-17-10-9-12(14)16(21)19-13-7-5-6-8-15(13)20(2)3/h5-11,18H,4H2,1-3H3,(H,19,21). The lowest BCUT2D eigenvalue weighted by molar-refractivity contribution is 0.102. The van der Waals surface area contributed by atoms with E-state index < -0.39 is 0 Å². The van der Waals surface area contributed by atoms with E-state index in [1.165, 1.54) is 0 Å². The highest BCUT2D eigenvalue weighted by Crippen LogP contribution is 2.25. The zero-order valence-corrected chi connectivity index (χ0v) is 12.6. The molecule has 1 aromatic heterocycles. The molecule has 0 radical (unpaired) electrons. The third-order valence-electron chi connectivity index (χ3n) is 3.07. The number of amides is 1. The van der Waals surface area contributed by atoms with Gasteiger partial charge in [-0.1, -0.05) is 12.1 Å². The van der Waals surface area contributed by atoms with Crippen molar-refractivity contribution in [2.75, 3.05) is 36.2 Å². The first-order valence-corrected chi connectivity index (χ1v) is 6.89. The van der Waals surface area contributed by atoms with Crippen LogP contribution < -0.4 is 15.5 Å². The maximum absolute atomic E-state index is 12.5. The van der Waals surface area contributed by atoms with Gasteiger partial charge < -0.3 is 15.5 Å². The molecule has 5 heteroatoms. The van der Waals surface area contributed by atoms with E-state index in [1.807, 2.05) is 50.2 Å². The van der Waals surface area contributed by atoms with Gasteiger partial charge in [-0.2, -0.15) is 0 Å². The minimum Gasteiger partial charge on any atom is -0.383 e. The molecule has 0 aliphatic heterocycles. The summed E-state index contributed by atoms with van der Waals surface area (Å²) in [6, 6.07) is 9.42. The second-order valence-electron chi connectivity index (χ2n) is 4.82. The fourth-order valence-electron chi connectivity index (χ4n) is 2.08. The van der Waals surface area contributed by atoms with Gasteiger partial charge in [-0.25, -0.2) is 0 Å². The third kappa shape index (κ3) is 3.51. The number of benzene rings is 1. The van der Waals surface area contributed by atoms with E-state index in [0.29, 0.717) is 5.56 Å². The summed E-state index contributed by atoms with van der Waals surface area (Å²) in [4.78, 5) is 18.5. The highest BCUT2D eigenvalue weighted by molar-refractivity contribution is 6.09. The Morgan fingerprint density at radius 2 is 1.95 bits per heavy atom. The van der Waals surface area contributed by atoms with Crippen LogP contribution in [0.4, 0.5) is 17.1 Å². The minimum atomic E-state index is -0.150. The molecule has 0 bridgehead atoms. The first-order chi connectivity index (χ1) is 10.1. The van der Waals surface area contributed by atoms with Gasteiger partial charge in [0.15, 0.2) is 0 Å². The molecule has 5 nitrogen and oxygen atoms in total. The predicted molar refractivity (Wildman–Crippen MR) is 87.1 cm³/mol. The van der Waals surface area contributed by atoms with Crippen molar-refractivity contribution in [3.63, 3.8) is 0 Å². The zero-order valence-electron chi connectivity index (χ0n) is 12.6. The molecule has 0 unspecified atom stereocenters. The number of anilines is 3. The molecule has 2 rings (SSSR count). The molecule has 0 spiro atoms. The van der Waals surface area contributed by atoms with Crippen LogP contribution in [0.1, 0.15) is 17.3 Å². The summed E-state index contributed by atoms with van der Waals surface area (Å²) >= 11 is 0. The summed E-state index contributed by atoms with van der Waals surface area (Å²) in [7, 11) is 3.89. The van der Waals surface area contributed by atoms with Crippen LogP contribution in [0.3, 0.4) is 0 Å². The van der Waals surface area contributed by atoms with Crippen LogP contribution in [-0.4, -0.2) is 31.5 Å². The molecule has 110 valence electrons. The fraction of sp³-hybridized carbons (Fsp3) is 0.250. The number of nitrogens with one attached hydrogen (secondary N) is 2. The summed E-state index contributed by atoms with van der Waals surface area (Å²) in [5.41, 5.74) is 3.07. The minimum absolute atomic E-state index is 0.150. The highest BCUT2D eigenvalue weighted by atomic mass is 16.1. The van der Waals surface area contributed by atoms with Crippen molar-refractivity contribution in [2.45, 2.75) is 6.92 Å². The quantitative estimate of drug-likeness (QED) is 0.886. The first-order valence-electron chi connectivity index (χ1n) is 6.89. The van der Waals surface area contributed by atoms with Crippen LogP contribution >= 0.6 is 0 Å². The maximum Gasteiger partial charge on any atom is 0.257 e. The number of pyridine rings is 1. The van der Waals surface area contributed by atoms with E-state index >= 15 is 0 Å². The smallest absolute Gasteiger partial charge is 0.257 e. The molecule has 0 saturated carbocycles. The van der Waals surface area contributed by atoms with Gasteiger partial charge in [0.05, 0.1) is 28.8 Å². The van der Waals surface area contributed by atoms with Crippen molar-refractivity contribution < 1.29 is 4.79 Å². The van der Waals surface area contributed by atoms with E-state index in [2.05, 4.69) is 15.6 Å². The number of nitrogens with zero attached hydrogens (tertiary/aromatic N) is 2. The first kappa shape index (κ1) is 14.8. The van der Waals surface area contributed by atoms with Crippen LogP contribution in [0.15, 0.2) is 42.7 Å². The van der Waals surface area contributed by atoms with Gasteiger partial charge in [-0.05, 0) is 25.1 Å². The van der Waals surface area contributed by atoms with Crippen molar-refractivity contribution in [1.29, 1.82) is 0 Å². The van der Waals surface area contributed by atoms with E-state index in [9.17, 15) is 4.79 Å².